The minimum absolute atomic E-state index is 0.0593. The van der Waals surface area contributed by atoms with Crippen LogP contribution in [0.25, 0.3) is 6.08 Å². The molecule has 0 radical (unpaired) electrons. The summed E-state index contributed by atoms with van der Waals surface area (Å²) >= 11 is 0. The van der Waals surface area contributed by atoms with E-state index in [2.05, 4.69) is 0 Å². The molecule has 4 heteroatoms. The first-order chi connectivity index (χ1) is 7.13. The molecule has 0 unspecified atom stereocenters. The van der Waals surface area contributed by atoms with Gasteiger partial charge in [-0.15, -0.1) is 0 Å². The topological polar surface area (TPSA) is 87.1 Å². The van der Waals surface area contributed by atoms with Gasteiger partial charge < -0.3 is 10.8 Å². The van der Waals surface area contributed by atoms with Gasteiger partial charge in [0.15, 0.2) is 0 Å². The summed E-state index contributed by atoms with van der Waals surface area (Å²) in [6.45, 7) is 0. The number of nitrogen functional groups attached to an aromatic ring is 1. The average molecular weight is 202 g/mol. The van der Waals surface area contributed by atoms with E-state index in [-0.39, 0.29) is 6.42 Å². The van der Waals surface area contributed by atoms with Crippen LogP contribution in [0.1, 0.15) is 17.5 Å². The monoisotopic (exact) mass is 202 g/mol. The smallest absolute Gasteiger partial charge is 0.307 e. The summed E-state index contributed by atoms with van der Waals surface area (Å²) < 4.78 is 0. The zero-order chi connectivity index (χ0) is 11.3. The van der Waals surface area contributed by atoms with E-state index < -0.39 is 5.97 Å². The maximum atomic E-state index is 10.3. The largest absolute Gasteiger partial charge is 0.481 e. The molecule has 15 heavy (non-hydrogen) atoms. The maximum Gasteiger partial charge on any atom is 0.307 e. The normalized spacial score (nSPS) is 10.1. The fourth-order valence-electron chi connectivity index (χ4n) is 1.08. The molecule has 0 atom stereocenters. The number of nitriles is 1. The van der Waals surface area contributed by atoms with E-state index in [1.165, 1.54) is 6.08 Å². The number of anilines is 1. The van der Waals surface area contributed by atoms with Gasteiger partial charge in [-0.05, 0) is 23.8 Å². The Morgan fingerprint density at radius 2 is 2.33 bits per heavy atom. The van der Waals surface area contributed by atoms with Gasteiger partial charge in [-0.2, -0.15) is 5.26 Å². The zero-order valence-electron chi connectivity index (χ0n) is 7.97. The molecule has 76 valence electrons. The lowest BCUT2D eigenvalue weighted by Gasteiger charge is -1.99. The molecule has 0 spiro atoms. The Balaban J connectivity index is 2.89. The van der Waals surface area contributed by atoms with Crippen molar-refractivity contribution >= 4 is 17.7 Å². The lowest BCUT2D eigenvalue weighted by atomic mass is 10.1. The van der Waals surface area contributed by atoms with Gasteiger partial charge in [0.1, 0.15) is 0 Å². The molecular weight excluding hydrogens is 192 g/mol. The van der Waals surface area contributed by atoms with Gasteiger partial charge in [0, 0.05) is 5.69 Å². The standard InChI is InChI=1S/C11H10N2O2/c12-7-8-4-5-10(13)9(6-8)2-1-3-11(14)15/h1-2,4-6H,3,13H2,(H,14,15). The molecule has 0 bridgehead atoms. The van der Waals surface area contributed by atoms with Crippen LogP contribution in [0.3, 0.4) is 0 Å². The Labute approximate surface area is 87.3 Å². The van der Waals surface area contributed by atoms with Gasteiger partial charge in [-0.25, -0.2) is 0 Å². The van der Waals surface area contributed by atoms with E-state index in [9.17, 15) is 4.79 Å². The number of carbonyl (C=O) groups is 1. The third kappa shape index (κ3) is 3.16. The molecule has 0 aliphatic heterocycles. The Morgan fingerprint density at radius 1 is 1.60 bits per heavy atom. The SMILES string of the molecule is N#Cc1ccc(N)c(C=CCC(=O)O)c1. The molecule has 0 aliphatic rings. The molecule has 0 heterocycles. The third-order valence-electron chi connectivity index (χ3n) is 1.81. The quantitative estimate of drug-likeness (QED) is 0.729. The lowest BCUT2D eigenvalue weighted by molar-refractivity contribution is -0.135. The highest BCUT2D eigenvalue weighted by Gasteiger charge is 1.97. The van der Waals surface area contributed by atoms with Crippen LogP contribution < -0.4 is 5.73 Å². The molecule has 4 nitrogen and oxygen atoms in total. The van der Waals surface area contributed by atoms with Gasteiger partial charge >= 0.3 is 5.97 Å². The number of hydrogen-bond acceptors (Lipinski definition) is 3. The fourth-order valence-corrected chi connectivity index (χ4v) is 1.08. The van der Waals surface area contributed by atoms with Gasteiger partial charge in [0.05, 0.1) is 18.1 Å². The minimum atomic E-state index is -0.902. The number of rotatable bonds is 3. The lowest BCUT2D eigenvalue weighted by Crippen LogP contribution is -1.92. The second-order valence-electron chi connectivity index (χ2n) is 2.96. The first-order valence-corrected chi connectivity index (χ1v) is 4.31. The zero-order valence-corrected chi connectivity index (χ0v) is 7.97. The summed E-state index contributed by atoms with van der Waals surface area (Å²) in [5.74, 6) is -0.902. The van der Waals surface area contributed by atoms with Crippen molar-refractivity contribution in [2.75, 3.05) is 5.73 Å². The Hall–Kier alpha value is -2.28. The molecule has 1 aromatic rings. The number of benzene rings is 1. The number of hydrogen-bond donors (Lipinski definition) is 2. The molecule has 0 fully saturated rings. The highest BCUT2D eigenvalue weighted by atomic mass is 16.4. The molecule has 3 N–H and O–H groups in total. The Bertz CT molecular complexity index is 444. The molecule has 0 amide bonds. The Morgan fingerprint density at radius 3 is 2.93 bits per heavy atom. The average Bonchev–Trinajstić information content (AvgIpc) is 2.20. The predicted molar refractivity (Wildman–Crippen MR) is 56.9 cm³/mol. The van der Waals surface area contributed by atoms with Crippen molar-refractivity contribution in [3.63, 3.8) is 0 Å². The van der Waals surface area contributed by atoms with Crippen LogP contribution in [0, 0.1) is 11.3 Å². The number of nitrogens with two attached hydrogens (primary N) is 1. The van der Waals surface area contributed by atoms with Gasteiger partial charge in [0.25, 0.3) is 0 Å². The van der Waals surface area contributed by atoms with Gasteiger partial charge in [0.2, 0.25) is 0 Å². The number of carboxylic acid groups (broad SMARTS) is 1. The maximum absolute atomic E-state index is 10.3. The summed E-state index contributed by atoms with van der Waals surface area (Å²) in [5, 5.41) is 17.1. The molecule has 1 rings (SSSR count). The molecule has 0 aromatic heterocycles. The van der Waals surface area contributed by atoms with E-state index in [1.807, 2.05) is 6.07 Å². The highest BCUT2D eigenvalue weighted by Crippen LogP contribution is 2.15. The molecule has 0 saturated carbocycles. The summed E-state index contributed by atoms with van der Waals surface area (Å²) in [6.07, 6.45) is 3.04. The van der Waals surface area contributed by atoms with Crippen LogP contribution >= 0.6 is 0 Å². The number of carboxylic acids is 1. The molecular formula is C11H10N2O2. The second kappa shape index (κ2) is 4.82. The van der Waals surface area contributed by atoms with E-state index in [4.69, 9.17) is 16.1 Å². The van der Waals surface area contributed by atoms with Crippen LogP contribution in [0.5, 0.6) is 0 Å². The summed E-state index contributed by atoms with van der Waals surface area (Å²) in [7, 11) is 0. The van der Waals surface area contributed by atoms with Crippen LogP contribution in [0.2, 0.25) is 0 Å². The van der Waals surface area contributed by atoms with Crippen molar-refractivity contribution in [3.05, 3.63) is 35.4 Å². The van der Waals surface area contributed by atoms with Crippen molar-refractivity contribution in [1.29, 1.82) is 5.26 Å². The number of aliphatic carboxylic acids is 1. The molecule has 1 aromatic carbocycles. The van der Waals surface area contributed by atoms with Gasteiger partial charge in [-0.1, -0.05) is 12.2 Å². The van der Waals surface area contributed by atoms with Gasteiger partial charge in [-0.3, -0.25) is 4.79 Å². The first kappa shape index (κ1) is 10.8. The predicted octanol–water partition coefficient (Wildman–Crippen LogP) is 1.63. The highest BCUT2D eigenvalue weighted by molar-refractivity contribution is 5.72. The van der Waals surface area contributed by atoms with Crippen molar-refractivity contribution in [1.82, 2.24) is 0 Å². The summed E-state index contributed by atoms with van der Waals surface area (Å²) in [4.78, 5) is 10.3. The van der Waals surface area contributed by atoms with E-state index >= 15 is 0 Å². The van der Waals surface area contributed by atoms with Crippen LogP contribution in [-0.4, -0.2) is 11.1 Å². The second-order valence-corrected chi connectivity index (χ2v) is 2.96. The van der Waals surface area contributed by atoms with E-state index in [0.717, 1.165) is 0 Å². The summed E-state index contributed by atoms with van der Waals surface area (Å²) in [5.41, 5.74) is 7.34. The van der Waals surface area contributed by atoms with Crippen molar-refractivity contribution in [2.45, 2.75) is 6.42 Å². The third-order valence-corrected chi connectivity index (χ3v) is 1.81. The Kier molecular flexibility index (Phi) is 3.47. The van der Waals surface area contributed by atoms with Crippen LogP contribution in [0.15, 0.2) is 24.3 Å². The summed E-state index contributed by atoms with van der Waals surface area (Å²) in [6, 6.07) is 6.85. The fraction of sp³-hybridized carbons (Fsp3) is 0.0909. The van der Waals surface area contributed by atoms with E-state index in [1.54, 1.807) is 24.3 Å². The van der Waals surface area contributed by atoms with E-state index in [0.29, 0.717) is 16.8 Å². The van der Waals surface area contributed by atoms with Crippen LogP contribution in [0.4, 0.5) is 5.69 Å². The minimum Gasteiger partial charge on any atom is -0.481 e. The molecule has 0 saturated heterocycles. The van der Waals surface area contributed by atoms with Crippen molar-refractivity contribution < 1.29 is 9.90 Å². The van der Waals surface area contributed by atoms with Crippen molar-refractivity contribution in [2.24, 2.45) is 0 Å². The van der Waals surface area contributed by atoms with Crippen molar-refractivity contribution in [3.8, 4) is 6.07 Å². The molecule has 0 aliphatic carbocycles. The first-order valence-electron chi connectivity index (χ1n) is 4.31. The van der Waals surface area contributed by atoms with Crippen LogP contribution in [-0.2, 0) is 4.79 Å². The number of nitrogens with zero attached hydrogens (tertiary/aromatic N) is 1.